The van der Waals surface area contributed by atoms with Crippen LogP contribution >= 0.6 is 11.8 Å². The molecule has 3 nitrogen and oxygen atoms in total. The number of hydrogen-bond acceptors (Lipinski definition) is 3. The summed E-state index contributed by atoms with van der Waals surface area (Å²) in [6, 6.07) is 5.22. The summed E-state index contributed by atoms with van der Waals surface area (Å²) in [5.74, 6) is 2.19. The van der Waals surface area contributed by atoms with Gasteiger partial charge in [0.05, 0.1) is 12.9 Å². The zero-order chi connectivity index (χ0) is 16.8. The Morgan fingerprint density at radius 2 is 2.17 bits per heavy atom. The Kier molecular flexibility index (Phi) is 6.75. The molecule has 0 radical (unpaired) electrons. The average molecular weight is 339 g/mol. The lowest BCUT2D eigenvalue weighted by atomic mass is 9.78. The van der Waals surface area contributed by atoms with Crippen molar-refractivity contribution in [3.8, 4) is 5.75 Å². The van der Waals surface area contributed by atoms with Crippen molar-refractivity contribution < 1.29 is 13.9 Å². The van der Waals surface area contributed by atoms with Crippen LogP contribution in [-0.4, -0.2) is 24.8 Å². The fraction of sp³-hybridized carbons (Fsp3) is 0.611. The fourth-order valence-electron chi connectivity index (χ4n) is 3.10. The molecule has 1 aromatic rings. The molecule has 1 aromatic carbocycles. The van der Waals surface area contributed by atoms with Gasteiger partial charge >= 0.3 is 0 Å². The predicted molar refractivity (Wildman–Crippen MR) is 93.2 cm³/mol. The molecule has 1 N–H and O–H groups in total. The number of amides is 1. The molecule has 1 amide bonds. The van der Waals surface area contributed by atoms with Gasteiger partial charge in [0.1, 0.15) is 0 Å². The quantitative estimate of drug-likeness (QED) is 0.851. The zero-order valence-electron chi connectivity index (χ0n) is 14.1. The second-order valence-corrected chi connectivity index (χ2v) is 7.39. The molecule has 128 valence electrons. The van der Waals surface area contributed by atoms with Crippen molar-refractivity contribution in [1.82, 2.24) is 5.32 Å². The Labute approximate surface area is 142 Å². The first kappa shape index (κ1) is 18.1. The van der Waals surface area contributed by atoms with Gasteiger partial charge < -0.3 is 10.1 Å². The minimum Gasteiger partial charge on any atom is -0.494 e. The average Bonchev–Trinajstić information content (AvgIpc) is 2.52. The molecule has 0 unspecified atom stereocenters. The maximum Gasteiger partial charge on any atom is 0.230 e. The summed E-state index contributed by atoms with van der Waals surface area (Å²) in [5, 5.41) is 3.16. The van der Waals surface area contributed by atoms with Crippen LogP contribution in [-0.2, 0) is 10.5 Å². The van der Waals surface area contributed by atoms with Crippen molar-refractivity contribution in [2.75, 3.05) is 12.9 Å². The molecule has 3 atom stereocenters. The van der Waals surface area contributed by atoms with E-state index in [1.165, 1.54) is 37.8 Å². The largest absolute Gasteiger partial charge is 0.494 e. The number of rotatable bonds is 6. The fourth-order valence-corrected chi connectivity index (χ4v) is 3.88. The second-order valence-electron chi connectivity index (χ2n) is 6.40. The Hall–Kier alpha value is -1.23. The highest BCUT2D eigenvalue weighted by molar-refractivity contribution is 7.99. The number of hydrogen-bond donors (Lipinski definition) is 1. The van der Waals surface area contributed by atoms with E-state index in [0.29, 0.717) is 29.4 Å². The molecule has 1 saturated carbocycles. The van der Waals surface area contributed by atoms with Gasteiger partial charge in [-0.1, -0.05) is 32.8 Å². The summed E-state index contributed by atoms with van der Waals surface area (Å²) >= 11 is 1.51. The third-order valence-electron chi connectivity index (χ3n) is 4.77. The van der Waals surface area contributed by atoms with Gasteiger partial charge in [-0.15, -0.1) is 11.8 Å². The van der Waals surface area contributed by atoms with E-state index < -0.39 is 0 Å². The smallest absolute Gasteiger partial charge is 0.230 e. The van der Waals surface area contributed by atoms with Gasteiger partial charge in [0.2, 0.25) is 5.91 Å². The molecular weight excluding hydrogens is 313 g/mol. The second kappa shape index (κ2) is 8.57. The van der Waals surface area contributed by atoms with Crippen LogP contribution in [0.3, 0.4) is 0 Å². The van der Waals surface area contributed by atoms with E-state index in [9.17, 15) is 9.18 Å². The normalized spacial score (nSPS) is 24.3. The Bertz CT molecular complexity index is 538. The molecule has 1 fully saturated rings. The molecule has 0 aromatic heterocycles. The minimum absolute atomic E-state index is 0.0786. The summed E-state index contributed by atoms with van der Waals surface area (Å²) in [7, 11) is 1.45. The Balaban J connectivity index is 1.75. The SMILES string of the molecule is COc1ccc(CSCC(=O)N[C@@H]2CCC[C@H](C)[C@H]2C)cc1F. The van der Waals surface area contributed by atoms with Gasteiger partial charge in [0, 0.05) is 11.8 Å². The third-order valence-corrected chi connectivity index (χ3v) is 5.78. The number of halogens is 1. The van der Waals surface area contributed by atoms with Crippen LogP contribution in [0.25, 0.3) is 0 Å². The van der Waals surface area contributed by atoms with Gasteiger partial charge in [-0.2, -0.15) is 0 Å². The molecule has 0 spiro atoms. The monoisotopic (exact) mass is 339 g/mol. The highest BCUT2D eigenvalue weighted by Gasteiger charge is 2.27. The van der Waals surface area contributed by atoms with Crippen LogP contribution < -0.4 is 10.1 Å². The molecule has 2 rings (SSSR count). The third kappa shape index (κ3) is 5.13. The first-order chi connectivity index (χ1) is 11.0. The van der Waals surface area contributed by atoms with Crippen molar-refractivity contribution >= 4 is 17.7 Å². The number of benzene rings is 1. The van der Waals surface area contributed by atoms with Crippen LogP contribution in [0.4, 0.5) is 4.39 Å². The van der Waals surface area contributed by atoms with E-state index in [-0.39, 0.29) is 17.5 Å². The van der Waals surface area contributed by atoms with Gasteiger partial charge in [0.15, 0.2) is 11.6 Å². The lowest BCUT2D eigenvalue weighted by Gasteiger charge is -2.34. The number of ether oxygens (including phenoxy) is 1. The van der Waals surface area contributed by atoms with E-state index >= 15 is 0 Å². The van der Waals surface area contributed by atoms with Crippen LogP contribution in [0.15, 0.2) is 18.2 Å². The summed E-state index contributed by atoms with van der Waals surface area (Å²) in [6.07, 6.45) is 3.52. The predicted octanol–water partition coefficient (Wildman–Crippen LogP) is 4.01. The molecule has 5 heteroatoms. The maximum absolute atomic E-state index is 13.6. The molecule has 1 aliphatic rings. The first-order valence-corrected chi connectivity index (χ1v) is 9.36. The highest BCUT2D eigenvalue weighted by atomic mass is 32.2. The van der Waals surface area contributed by atoms with Gasteiger partial charge in [-0.3, -0.25) is 4.79 Å². The number of carbonyl (C=O) groups is 1. The summed E-state index contributed by atoms with van der Waals surface area (Å²) in [6.45, 7) is 4.48. The molecule has 0 bridgehead atoms. The van der Waals surface area contributed by atoms with Crippen molar-refractivity contribution in [3.63, 3.8) is 0 Å². The van der Waals surface area contributed by atoms with Crippen LogP contribution in [0.2, 0.25) is 0 Å². The lowest BCUT2D eigenvalue weighted by Crippen LogP contribution is -2.44. The number of nitrogens with one attached hydrogen (secondary N) is 1. The van der Waals surface area contributed by atoms with Crippen molar-refractivity contribution in [2.45, 2.75) is 44.9 Å². The highest BCUT2D eigenvalue weighted by Crippen LogP contribution is 2.29. The zero-order valence-corrected chi connectivity index (χ0v) is 14.9. The van der Waals surface area contributed by atoms with E-state index in [4.69, 9.17) is 4.74 Å². The van der Waals surface area contributed by atoms with Gasteiger partial charge in [0.25, 0.3) is 0 Å². The van der Waals surface area contributed by atoms with Gasteiger partial charge in [-0.05, 0) is 36.0 Å². The summed E-state index contributed by atoms with van der Waals surface area (Å²) in [4.78, 5) is 12.1. The van der Waals surface area contributed by atoms with E-state index in [1.807, 2.05) is 6.07 Å². The number of methoxy groups -OCH3 is 1. The van der Waals surface area contributed by atoms with Gasteiger partial charge in [-0.25, -0.2) is 4.39 Å². The summed E-state index contributed by atoms with van der Waals surface area (Å²) in [5.41, 5.74) is 0.862. The lowest BCUT2D eigenvalue weighted by molar-refractivity contribution is -0.119. The standard InChI is InChI=1S/C18H26FNO2S/c1-12-5-4-6-16(13(12)2)20-18(21)11-23-10-14-7-8-17(22-3)15(19)9-14/h7-9,12-13,16H,4-6,10-11H2,1-3H3,(H,20,21)/t12-,13+,16+/m0/s1. The van der Waals surface area contributed by atoms with E-state index in [1.54, 1.807) is 6.07 Å². The van der Waals surface area contributed by atoms with E-state index in [2.05, 4.69) is 19.2 Å². The minimum atomic E-state index is -0.361. The van der Waals surface area contributed by atoms with Crippen LogP contribution in [0.5, 0.6) is 5.75 Å². The maximum atomic E-state index is 13.6. The molecular formula is C18H26FNO2S. The van der Waals surface area contributed by atoms with Crippen LogP contribution in [0.1, 0.15) is 38.7 Å². The number of thioether (sulfide) groups is 1. The summed E-state index contributed by atoms with van der Waals surface area (Å²) < 4.78 is 18.5. The molecule has 1 aliphatic carbocycles. The molecule has 0 heterocycles. The van der Waals surface area contributed by atoms with Crippen molar-refractivity contribution in [2.24, 2.45) is 11.8 Å². The number of carbonyl (C=O) groups excluding carboxylic acids is 1. The van der Waals surface area contributed by atoms with Crippen molar-refractivity contribution in [3.05, 3.63) is 29.6 Å². The topological polar surface area (TPSA) is 38.3 Å². The molecule has 23 heavy (non-hydrogen) atoms. The van der Waals surface area contributed by atoms with E-state index in [0.717, 1.165) is 12.0 Å². The molecule has 0 aliphatic heterocycles. The van der Waals surface area contributed by atoms with Crippen molar-refractivity contribution in [1.29, 1.82) is 0 Å². The Morgan fingerprint density at radius 1 is 1.39 bits per heavy atom. The van der Waals surface area contributed by atoms with Crippen LogP contribution in [0, 0.1) is 17.7 Å². The Morgan fingerprint density at radius 3 is 2.87 bits per heavy atom. The first-order valence-electron chi connectivity index (χ1n) is 8.20. The molecule has 0 saturated heterocycles.